The molecule has 1 amide bonds. The number of thiazole rings is 1. The van der Waals surface area contributed by atoms with Crippen molar-refractivity contribution in [3.05, 3.63) is 49.4 Å². The van der Waals surface area contributed by atoms with Gasteiger partial charge in [-0.15, -0.1) is 17.8 Å². The lowest BCUT2D eigenvalue weighted by Gasteiger charge is -2.02. The molecular formula is C16H11BrN2OS2. The first kappa shape index (κ1) is 15.2. The van der Waals surface area contributed by atoms with E-state index in [1.165, 1.54) is 22.7 Å². The topological polar surface area (TPSA) is 34.4 Å². The van der Waals surface area contributed by atoms with Crippen LogP contribution in [-0.4, -0.2) is 10.5 Å². The maximum atomic E-state index is 12.3. The third-order valence-corrected chi connectivity index (χ3v) is 5.79. The molecule has 22 heavy (non-hydrogen) atoms. The van der Waals surface area contributed by atoms with E-state index >= 15 is 0 Å². The minimum absolute atomic E-state index is 0.245. The Balaban J connectivity index is 2.20. The van der Waals surface area contributed by atoms with Crippen LogP contribution in [0.4, 0.5) is 0 Å². The lowest BCUT2D eigenvalue weighted by Crippen LogP contribution is -2.16. The van der Waals surface area contributed by atoms with Gasteiger partial charge in [0.1, 0.15) is 0 Å². The first-order valence-electron chi connectivity index (χ1n) is 6.47. The fourth-order valence-corrected chi connectivity index (χ4v) is 4.58. The fourth-order valence-electron chi connectivity index (χ4n) is 2.20. The number of carbonyl (C=O) groups is 1. The molecule has 0 saturated heterocycles. The average molecular weight is 391 g/mol. The molecule has 3 aromatic rings. The van der Waals surface area contributed by atoms with E-state index in [-0.39, 0.29) is 5.91 Å². The average Bonchev–Trinajstić information content (AvgIpc) is 3.05. The number of amides is 1. The monoisotopic (exact) mass is 390 g/mol. The number of carbonyl (C=O) groups excluding carboxylic acids is 1. The van der Waals surface area contributed by atoms with Crippen LogP contribution in [0.15, 0.2) is 39.1 Å². The molecule has 0 saturated carbocycles. The summed E-state index contributed by atoms with van der Waals surface area (Å²) in [5.41, 5.74) is 2.17. The van der Waals surface area contributed by atoms with Crippen LogP contribution in [0.1, 0.15) is 15.2 Å². The summed E-state index contributed by atoms with van der Waals surface area (Å²) in [5, 5.41) is 0. The highest BCUT2D eigenvalue weighted by molar-refractivity contribution is 9.11. The Bertz CT molecular complexity index is 972. The van der Waals surface area contributed by atoms with E-state index in [9.17, 15) is 4.79 Å². The summed E-state index contributed by atoms with van der Waals surface area (Å²) in [7, 11) is 0. The van der Waals surface area contributed by atoms with Gasteiger partial charge in [-0.3, -0.25) is 4.79 Å². The number of nitrogens with zero attached hydrogens (tertiary/aromatic N) is 2. The first-order valence-corrected chi connectivity index (χ1v) is 8.89. The van der Waals surface area contributed by atoms with E-state index in [2.05, 4.69) is 26.8 Å². The summed E-state index contributed by atoms with van der Waals surface area (Å²) in [6.07, 6.45) is 5.48. The van der Waals surface area contributed by atoms with Crippen molar-refractivity contribution in [2.24, 2.45) is 4.99 Å². The summed E-state index contributed by atoms with van der Waals surface area (Å²) in [6, 6.07) is 9.66. The molecule has 110 valence electrons. The third kappa shape index (κ3) is 2.80. The van der Waals surface area contributed by atoms with E-state index in [4.69, 9.17) is 6.42 Å². The Hall–Kier alpha value is -1.68. The highest BCUT2D eigenvalue weighted by Gasteiger charge is 2.11. The highest BCUT2D eigenvalue weighted by atomic mass is 79.9. The van der Waals surface area contributed by atoms with Gasteiger partial charge in [0.25, 0.3) is 5.91 Å². The van der Waals surface area contributed by atoms with Gasteiger partial charge in [-0.05, 0) is 46.6 Å². The van der Waals surface area contributed by atoms with Crippen LogP contribution in [0.25, 0.3) is 10.2 Å². The number of benzene rings is 1. The molecular weight excluding hydrogens is 380 g/mol. The van der Waals surface area contributed by atoms with Crippen LogP contribution in [0.2, 0.25) is 0 Å². The Morgan fingerprint density at radius 3 is 2.86 bits per heavy atom. The molecule has 0 fully saturated rings. The Labute approximate surface area is 144 Å². The molecule has 0 radical (unpaired) electrons. The quantitative estimate of drug-likeness (QED) is 0.603. The molecule has 6 heteroatoms. The zero-order chi connectivity index (χ0) is 15.7. The maximum Gasteiger partial charge on any atom is 0.289 e. The van der Waals surface area contributed by atoms with Crippen molar-refractivity contribution in [2.75, 3.05) is 0 Å². The number of fused-ring (bicyclic) bond motifs is 1. The number of hydrogen-bond acceptors (Lipinski definition) is 3. The molecule has 3 nitrogen and oxygen atoms in total. The predicted octanol–water partition coefficient (Wildman–Crippen LogP) is 4.21. The van der Waals surface area contributed by atoms with E-state index < -0.39 is 0 Å². The highest BCUT2D eigenvalue weighted by Crippen LogP contribution is 2.23. The van der Waals surface area contributed by atoms with Crippen LogP contribution in [-0.2, 0) is 6.54 Å². The number of rotatable bonds is 2. The van der Waals surface area contributed by atoms with E-state index in [1.807, 2.05) is 35.8 Å². The summed E-state index contributed by atoms with van der Waals surface area (Å²) >= 11 is 6.21. The second kappa shape index (κ2) is 6.21. The minimum Gasteiger partial charge on any atom is -0.304 e. The lowest BCUT2D eigenvalue weighted by molar-refractivity contribution is 0.100. The molecule has 0 aliphatic carbocycles. The van der Waals surface area contributed by atoms with Crippen LogP contribution < -0.4 is 4.80 Å². The molecule has 0 atom stereocenters. The normalized spacial score (nSPS) is 11.8. The Kier molecular flexibility index (Phi) is 4.30. The minimum atomic E-state index is -0.245. The zero-order valence-corrected chi connectivity index (χ0v) is 14.9. The van der Waals surface area contributed by atoms with Crippen molar-refractivity contribution in [3.63, 3.8) is 0 Å². The van der Waals surface area contributed by atoms with Gasteiger partial charge >= 0.3 is 0 Å². The molecule has 2 aromatic heterocycles. The first-order chi connectivity index (χ1) is 10.6. The second-order valence-corrected chi connectivity index (χ2v) is 8.09. The van der Waals surface area contributed by atoms with Gasteiger partial charge in [-0.25, -0.2) is 0 Å². The summed E-state index contributed by atoms with van der Waals surface area (Å²) in [6.45, 7) is 2.43. The zero-order valence-electron chi connectivity index (χ0n) is 11.7. The van der Waals surface area contributed by atoms with Gasteiger partial charge in [-0.2, -0.15) is 4.99 Å². The van der Waals surface area contributed by atoms with Crippen molar-refractivity contribution in [3.8, 4) is 12.3 Å². The number of aryl methyl sites for hydroxylation is 1. The van der Waals surface area contributed by atoms with Crippen LogP contribution in [0, 0.1) is 19.3 Å². The standard InChI is InChI=1S/C16H11BrN2OS2/c1-3-9-19-14-10(2)5-4-6-11(14)22-16(19)18-15(20)12-7-8-13(17)21-12/h1,4-8H,9H2,2H3. The molecule has 0 unspecified atom stereocenters. The van der Waals surface area contributed by atoms with E-state index in [1.54, 1.807) is 6.07 Å². The molecule has 3 rings (SSSR count). The SMILES string of the molecule is C#CCn1c(=NC(=O)c2ccc(Br)s2)sc2cccc(C)c21. The van der Waals surface area contributed by atoms with E-state index in [0.717, 1.165) is 19.6 Å². The van der Waals surface area contributed by atoms with Crippen molar-refractivity contribution in [2.45, 2.75) is 13.5 Å². The lowest BCUT2D eigenvalue weighted by atomic mass is 10.2. The predicted molar refractivity (Wildman–Crippen MR) is 95.3 cm³/mol. The van der Waals surface area contributed by atoms with E-state index in [0.29, 0.717) is 16.2 Å². The Morgan fingerprint density at radius 2 is 2.18 bits per heavy atom. The summed E-state index contributed by atoms with van der Waals surface area (Å²) in [4.78, 5) is 17.8. The summed E-state index contributed by atoms with van der Waals surface area (Å²) in [5.74, 6) is 2.40. The molecule has 0 N–H and O–H groups in total. The van der Waals surface area contributed by atoms with Crippen LogP contribution in [0.5, 0.6) is 0 Å². The molecule has 2 heterocycles. The van der Waals surface area contributed by atoms with Crippen LogP contribution in [0.3, 0.4) is 0 Å². The maximum absolute atomic E-state index is 12.3. The molecule has 0 aliphatic heterocycles. The number of para-hydroxylation sites is 1. The molecule has 0 bridgehead atoms. The summed E-state index contributed by atoms with van der Waals surface area (Å²) < 4.78 is 3.92. The Morgan fingerprint density at radius 1 is 1.36 bits per heavy atom. The fraction of sp³-hybridized carbons (Fsp3) is 0.125. The molecule has 1 aromatic carbocycles. The number of hydrogen-bond donors (Lipinski definition) is 0. The van der Waals surface area contributed by atoms with Gasteiger partial charge in [0.15, 0.2) is 4.80 Å². The number of halogens is 1. The largest absolute Gasteiger partial charge is 0.304 e. The molecule has 0 spiro atoms. The third-order valence-electron chi connectivity index (χ3n) is 3.13. The smallest absolute Gasteiger partial charge is 0.289 e. The van der Waals surface area contributed by atoms with Gasteiger partial charge in [0, 0.05) is 0 Å². The van der Waals surface area contributed by atoms with Crippen LogP contribution >= 0.6 is 38.6 Å². The number of terminal acetylenes is 1. The van der Waals surface area contributed by atoms with Gasteiger partial charge in [0.05, 0.1) is 25.4 Å². The van der Waals surface area contributed by atoms with Crippen molar-refractivity contribution < 1.29 is 4.79 Å². The number of thiophene rings is 1. The van der Waals surface area contributed by atoms with Crippen molar-refractivity contribution in [1.82, 2.24) is 4.57 Å². The van der Waals surface area contributed by atoms with Gasteiger partial charge in [0.2, 0.25) is 0 Å². The number of aromatic nitrogens is 1. The van der Waals surface area contributed by atoms with Crippen molar-refractivity contribution >= 4 is 54.7 Å². The molecule has 0 aliphatic rings. The van der Waals surface area contributed by atoms with Crippen molar-refractivity contribution in [1.29, 1.82) is 0 Å². The second-order valence-electron chi connectivity index (χ2n) is 4.62. The van der Waals surface area contributed by atoms with Gasteiger partial charge < -0.3 is 4.57 Å². The van der Waals surface area contributed by atoms with Gasteiger partial charge in [-0.1, -0.05) is 29.4 Å².